The minimum absolute atomic E-state index is 0.0448. The Labute approximate surface area is 159 Å². The zero-order valence-corrected chi connectivity index (χ0v) is 16.3. The minimum Gasteiger partial charge on any atom is -0.495 e. The van der Waals surface area contributed by atoms with E-state index >= 15 is 0 Å². The molecule has 142 valence electrons. The van der Waals surface area contributed by atoms with Gasteiger partial charge in [0.1, 0.15) is 10.6 Å². The van der Waals surface area contributed by atoms with E-state index in [2.05, 4.69) is 9.88 Å². The molecule has 0 amide bonds. The average molecular weight is 386 g/mol. The lowest BCUT2D eigenvalue weighted by atomic mass is 10.0. The summed E-state index contributed by atoms with van der Waals surface area (Å²) in [5.74, 6) is 0.852. The molecule has 1 N–H and O–H groups in total. The van der Waals surface area contributed by atoms with Crippen molar-refractivity contribution < 1.29 is 17.7 Å². The second kappa shape index (κ2) is 7.94. The number of benzene rings is 2. The second-order valence-corrected chi connectivity index (χ2v) is 8.10. The van der Waals surface area contributed by atoms with Crippen molar-refractivity contribution in [2.75, 3.05) is 13.7 Å². The summed E-state index contributed by atoms with van der Waals surface area (Å²) in [5, 5.41) is 3.85. The van der Waals surface area contributed by atoms with E-state index in [9.17, 15) is 8.42 Å². The molecule has 6 nitrogen and oxygen atoms in total. The normalized spacial score (nSPS) is 12.7. The highest BCUT2D eigenvalue weighted by molar-refractivity contribution is 7.89. The number of aromatic nitrogens is 1. The van der Waals surface area contributed by atoms with Crippen molar-refractivity contribution in [3.63, 3.8) is 0 Å². The lowest BCUT2D eigenvalue weighted by Gasteiger charge is -2.15. The van der Waals surface area contributed by atoms with E-state index in [0.717, 1.165) is 11.3 Å². The largest absolute Gasteiger partial charge is 0.495 e. The minimum atomic E-state index is -3.72. The molecule has 0 saturated carbocycles. The Morgan fingerprint density at radius 1 is 1.15 bits per heavy atom. The van der Waals surface area contributed by atoms with Crippen LogP contribution in [0.1, 0.15) is 24.1 Å². The quantitative estimate of drug-likeness (QED) is 0.669. The first-order valence-electron chi connectivity index (χ1n) is 8.57. The fourth-order valence-corrected chi connectivity index (χ4v) is 4.03. The summed E-state index contributed by atoms with van der Waals surface area (Å²) in [4.78, 5) is 0.0882. The Morgan fingerprint density at radius 3 is 2.52 bits per heavy atom. The van der Waals surface area contributed by atoms with Gasteiger partial charge in [-0.15, -0.1) is 0 Å². The predicted molar refractivity (Wildman–Crippen MR) is 103 cm³/mol. The summed E-state index contributed by atoms with van der Waals surface area (Å²) < 4.78 is 38.8. The number of nitrogens with zero attached hydrogens (tertiary/aromatic N) is 1. The zero-order valence-electron chi connectivity index (χ0n) is 15.5. The van der Waals surface area contributed by atoms with Gasteiger partial charge in [0.05, 0.1) is 12.8 Å². The first-order chi connectivity index (χ1) is 12.9. The van der Waals surface area contributed by atoms with Crippen LogP contribution in [0.25, 0.3) is 11.3 Å². The van der Waals surface area contributed by atoms with Crippen LogP contribution >= 0.6 is 0 Å². The smallest absolute Gasteiger partial charge is 0.244 e. The van der Waals surface area contributed by atoms with Crippen LogP contribution in [-0.4, -0.2) is 27.2 Å². The van der Waals surface area contributed by atoms with Crippen molar-refractivity contribution in [2.24, 2.45) is 0 Å². The molecular formula is C20H22N2O4S. The van der Waals surface area contributed by atoms with Gasteiger partial charge in [-0.1, -0.05) is 42.4 Å². The fourth-order valence-electron chi connectivity index (χ4n) is 2.75. The molecule has 3 rings (SSSR count). The molecule has 0 saturated heterocycles. The molecule has 2 aromatic carbocycles. The van der Waals surface area contributed by atoms with E-state index in [1.807, 2.05) is 44.2 Å². The molecule has 0 aliphatic heterocycles. The maximum Gasteiger partial charge on any atom is 0.244 e. The molecule has 0 aliphatic carbocycles. The highest BCUT2D eigenvalue weighted by atomic mass is 32.2. The van der Waals surface area contributed by atoms with Gasteiger partial charge in [-0.25, -0.2) is 13.1 Å². The number of hydrogen-bond acceptors (Lipinski definition) is 5. The molecule has 27 heavy (non-hydrogen) atoms. The summed E-state index contributed by atoms with van der Waals surface area (Å²) in [7, 11) is -2.28. The molecule has 0 aliphatic rings. The number of aryl methyl sites for hydroxylation is 1. The standard InChI is InChI=1S/C20H22N2O4S/c1-14(16-7-5-4-6-8-16)13-21-27(23,24)20-10-9-17(12-19(20)25-3)18-11-15(2)22-26-18/h4-12,14,21H,13H2,1-3H3/t14-/m1/s1. The van der Waals surface area contributed by atoms with Crippen molar-refractivity contribution in [1.82, 2.24) is 9.88 Å². The van der Waals surface area contributed by atoms with Crippen LogP contribution in [-0.2, 0) is 10.0 Å². The van der Waals surface area contributed by atoms with Crippen LogP contribution in [0.5, 0.6) is 5.75 Å². The van der Waals surface area contributed by atoms with Crippen LogP contribution in [0.2, 0.25) is 0 Å². The van der Waals surface area contributed by atoms with Crippen molar-refractivity contribution in [2.45, 2.75) is 24.7 Å². The number of sulfonamides is 1. The number of ether oxygens (including phenoxy) is 1. The molecule has 0 unspecified atom stereocenters. The van der Waals surface area contributed by atoms with E-state index in [-0.39, 0.29) is 16.6 Å². The van der Waals surface area contributed by atoms with Crippen molar-refractivity contribution >= 4 is 10.0 Å². The first kappa shape index (κ1) is 19.1. The Kier molecular flexibility index (Phi) is 5.62. The van der Waals surface area contributed by atoms with Gasteiger partial charge in [0.25, 0.3) is 0 Å². The van der Waals surface area contributed by atoms with Crippen molar-refractivity contribution in [3.05, 3.63) is 65.9 Å². The molecular weight excluding hydrogens is 364 g/mol. The Hall–Kier alpha value is -2.64. The highest BCUT2D eigenvalue weighted by Gasteiger charge is 2.21. The summed E-state index contributed by atoms with van der Waals surface area (Å²) in [6, 6.07) is 16.4. The van der Waals surface area contributed by atoms with Gasteiger partial charge in [0, 0.05) is 18.2 Å². The predicted octanol–water partition coefficient (Wildman–Crippen LogP) is 3.74. The molecule has 0 spiro atoms. The Morgan fingerprint density at radius 2 is 1.89 bits per heavy atom. The maximum atomic E-state index is 12.8. The molecule has 1 atom stereocenters. The van der Waals surface area contributed by atoms with Gasteiger partial charge in [0.15, 0.2) is 5.76 Å². The third kappa shape index (κ3) is 4.37. The second-order valence-electron chi connectivity index (χ2n) is 6.36. The molecule has 1 aromatic heterocycles. The maximum absolute atomic E-state index is 12.8. The molecule has 0 fully saturated rings. The number of methoxy groups -OCH3 is 1. The van der Waals surface area contributed by atoms with Gasteiger partial charge in [0.2, 0.25) is 10.0 Å². The van der Waals surface area contributed by atoms with E-state index in [0.29, 0.717) is 17.9 Å². The van der Waals surface area contributed by atoms with Gasteiger partial charge in [-0.05, 0) is 36.6 Å². The molecule has 0 radical (unpaired) electrons. The topological polar surface area (TPSA) is 81.4 Å². The van der Waals surface area contributed by atoms with Crippen LogP contribution in [0, 0.1) is 6.92 Å². The number of rotatable bonds is 7. The van der Waals surface area contributed by atoms with Crippen LogP contribution in [0.3, 0.4) is 0 Å². The molecule has 3 aromatic rings. The van der Waals surface area contributed by atoms with E-state index in [1.54, 1.807) is 18.2 Å². The average Bonchev–Trinajstić information content (AvgIpc) is 3.12. The Bertz CT molecular complexity index is 1010. The van der Waals surface area contributed by atoms with Crippen molar-refractivity contribution in [1.29, 1.82) is 0 Å². The molecule has 1 heterocycles. The summed E-state index contributed by atoms with van der Waals surface area (Å²) in [5.41, 5.74) is 2.52. The van der Waals surface area contributed by atoms with E-state index < -0.39 is 10.0 Å². The van der Waals surface area contributed by atoms with Crippen LogP contribution < -0.4 is 9.46 Å². The van der Waals surface area contributed by atoms with Gasteiger partial charge >= 0.3 is 0 Å². The SMILES string of the molecule is COc1cc(-c2cc(C)no2)ccc1S(=O)(=O)NC[C@@H](C)c1ccccc1. The lowest BCUT2D eigenvalue weighted by Crippen LogP contribution is -2.28. The summed E-state index contributed by atoms with van der Waals surface area (Å²) in [6.45, 7) is 4.09. The first-order valence-corrected chi connectivity index (χ1v) is 10.1. The number of nitrogens with one attached hydrogen (secondary N) is 1. The van der Waals surface area contributed by atoms with Gasteiger partial charge in [-0.3, -0.25) is 0 Å². The highest BCUT2D eigenvalue weighted by Crippen LogP contribution is 2.30. The van der Waals surface area contributed by atoms with Gasteiger partial charge < -0.3 is 9.26 Å². The van der Waals surface area contributed by atoms with E-state index in [4.69, 9.17) is 9.26 Å². The van der Waals surface area contributed by atoms with Crippen molar-refractivity contribution in [3.8, 4) is 17.1 Å². The van der Waals surface area contributed by atoms with Gasteiger partial charge in [-0.2, -0.15) is 0 Å². The van der Waals surface area contributed by atoms with Crippen LogP contribution in [0.4, 0.5) is 0 Å². The monoisotopic (exact) mass is 386 g/mol. The van der Waals surface area contributed by atoms with Crippen LogP contribution in [0.15, 0.2) is 64.0 Å². The third-order valence-electron chi connectivity index (χ3n) is 4.31. The molecule has 7 heteroatoms. The van der Waals surface area contributed by atoms with E-state index in [1.165, 1.54) is 13.2 Å². The lowest BCUT2D eigenvalue weighted by molar-refractivity contribution is 0.401. The zero-order chi connectivity index (χ0) is 19.4. The summed E-state index contributed by atoms with van der Waals surface area (Å²) in [6.07, 6.45) is 0. The molecule has 0 bridgehead atoms. The Balaban J connectivity index is 1.81. The third-order valence-corrected chi connectivity index (χ3v) is 5.78. The summed E-state index contributed by atoms with van der Waals surface area (Å²) >= 11 is 0. The fraction of sp³-hybridized carbons (Fsp3) is 0.250. The number of hydrogen-bond donors (Lipinski definition) is 1.